The van der Waals surface area contributed by atoms with Gasteiger partial charge in [-0.25, -0.2) is 4.57 Å². The number of unbranched alkanes of at least 4 members (excludes halogenated alkanes) is 33. The van der Waals surface area contributed by atoms with Crippen molar-refractivity contribution in [2.75, 3.05) is 47.5 Å². The summed E-state index contributed by atoms with van der Waals surface area (Å²) in [5.74, 6) is -0.799. The zero-order valence-electron chi connectivity index (χ0n) is 54.7. The van der Waals surface area contributed by atoms with E-state index in [4.69, 9.17) is 18.5 Å². The molecule has 2 unspecified atom stereocenters. The van der Waals surface area contributed by atoms with Gasteiger partial charge in [0.2, 0.25) is 0 Å². The fourth-order valence-corrected chi connectivity index (χ4v) is 10.4. The molecule has 0 aliphatic heterocycles. The van der Waals surface area contributed by atoms with Crippen molar-refractivity contribution in [3.63, 3.8) is 0 Å². The molecule has 9 nitrogen and oxygen atoms in total. The van der Waals surface area contributed by atoms with Crippen molar-refractivity contribution in [3.8, 4) is 0 Å². The minimum atomic E-state index is -4.40. The van der Waals surface area contributed by atoms with E-state index in [9.17, 15) is 19.0 Å². The Morgan fingerprint density at radius 2 is 0.687 bits per heavy atom. The number of nitrogens with zero attached hydrogens (tertiary/aromatic N) is 1. The number of phosphoric ester groups is 1. The molecule has 83 heavy (non-hydrogen) atoms. The normalized spacial score (nSPS) is 13.8. The third-order valence-electron chi connectivity index (χ3n) is 14.9. The number of esters is 2. The van der Waals surface area contributed by atoms with Crippen molar-refractivity contribution in [1.82, 2.24) is 0 Å². The Morgan fingerprint density at radius 1 is 0.386 bits per heavy atom. The average Bonchev–Trinajstić information content (AvgIpc) is 3.48. The Labute approximate surface area is 513 Å². The number of hydrogen-bond donors (Lipinski definition) is 1. The molecule has 0 spiro atoms. The van der Waals surface area contributed by atoms with Gasteiger partial charge in [-0.3, -0.25) is 18.6 Å². The molecule has 0 aromatic rings. The number of quaternary nitrogens is 1. The molecule has 0 radical (unpaired) electrons. The predicted octanol–water partition coefficient (Wildman–Crippen LogP) is 22.3. The SMILES string of the molecule is CC/C=C\C/C=C\C/C=C\C/C=C\C/C=C\C/C=C\C/C=C\C/C=C\CCCCCCCCCCC(=O)OC(COC(=O)CCCCCCCCCCCCCCCCCCCCCCCCCCCC)COP(=O)(O)OCC[N+](C)(C)C. The van der Waals surface area contributed by atoms with Gasteiger partial charge in [-0.1, -0.05) is 310 Å². The zero-order valence-corrected chi connectivity index (χ0v) is 55.6. The maximum absolute atomic E-state index is 12.9. The third-order valence-corrected chi connectivity index (χ3v) is 15.9. The quantitative estimate of drug-likeness (QED) is 0.0211. The maximum Gasteiger partial charge on any atom is 0.472 e. The summed E-state index contributed by atoms with van der Waals surface area (Å²) in [4.78, 5) is 35.9. The van der Waals surface area contributed by atoms with Gasteiger partial charge in [0.15, 0.2) is 6.10 Å². The number of allylic oxidation sites excluding steroid dienone is 16. The van der Waals surface area contributed by atoms with Gasteiger partial charge in [0.05, 0.1) is 27.7 Å². The topological polar surface area (TPSA) is 108 Å². The van der Waals surface area contributed by atoms with E-state index >= 15 is 0 Å². The largest absolute Gasteiger partial charge is 0.472 e. The van der Waals surface area contributed by atoms with E-state index in [1.165, 1.54) is 173 Å². The second-order valence-corrected chi connectivity index (χ2v) is 25.6. The highest BCUT2D eigenvalue weighted by Gasteiger charge is 2.27. The Balaban J connectivity index is 4.10. The molecular formula is C73H131NO8P+. The molecule has 0 saturated heterocycles. The van der Waals surface area contributed by atoms with E-state index in [2.05, 4.69) is 111 Å². The van der Waals surface area contributed by atoms with Gasteiger partial charge in [-0.2, -0.15) is 0 Å². The molecule has 0 aliphatic carbocycles. The summed E-state index contributed by atoms with van der Waals surface area (Å²) >= 11 is 0. The van der Waals surface area contributed by atoms with Gasteiger partial charge in [-0.05, 0) is 77.0 Å². The Kier molecular flexibility index (Phi) is 61.1. The van der Waals surface area contributed by atoms with Crippen LogP contribution in [-0.2, 0) is 32.7 Å². The minimum Gasteiger partial charge on any atom is -0.462 e. The standard InChI is InChI=1S/C73H130NO8P/c1-6-8-10-12-14-16-18-20-22-24-26-28-30-32-34-35-36-37-38-39-40-42-44-46-48-50-52-54-56-58-60-62-64-66-73(76)82-71(70-81-83(77,78)80-68-67-74(3,4)5)69-79-72(75)65-63-61-59-57-55-53-51-49-47-45-43-41-33-31-29-27-25-23-21-19-17-15-13-11-9-7-2/h8,10,14,16,20,22,26,28,32,34,36-37,39-40,44,46,71H,6-7,9,11-13,15,17-19,21,23-25,27,29-31,33,35,38,41-43,45,47-70H2,1-5H3/p+1/b10-8-,16-14-,22-20-,28-26-,34-32-,37-36-,40-39-,46-44-. The smallest absolute Gasteiger partial charge is 0.462 e. The summed E-state index contributed by atoms with van der Waals surface area (Å²) in [6, 6.07) is 0. The number of likely N-dealkylation sites (N-methyl/N-ethyl adjacent to an activating group) is 1. The minimum absolute atomic E-state index is 0.0272. The number of hydrogen-bond acceptors (Lipinski definition) is 7. The fourth-order valence-electron chi connectivity index (χ4n) is 9.62. The van der Waals surface area contributed by atoms with Gasteiger partial charge >= 0.3 is 19.8 Å². The zero-order chi connectivity index (χ0) is 60.5. The van der Waals surface area contributed by atoms with Crippen molar-refractivity contribution in [2.24, 2.45) is 0 Å². The van der Waals surface area contributed by atoms with Crippen LogP contribution in [0, 0.1) is 0 Å². The van der Waals surface area contributed by atoms with Crippen LogP contribution in [0.4, 0.5) is 0 Å². The Bertz CT molecular complexity index is 1720. The van der Waals surface area contributed by atoms with Crippen molar-refractivity contribution < 1.29 is 42.1 Å². The molecule has 0 aliphatic rings. The molecule has 10 heteroatoms. The first-order valence-corrected chi connectivity index (χ1v) is 36.0. The van der Waals surface area contributed by atoms with E-state index in [0.717, 1.165) is 96.3 Å². The highest BCUT2D eigenvalue weighted by molar-refractivity contribution is 7.47. The molecule has 0 fully saturated rings. The lowest BCUT2D eigenvalue weighted by atomic mass is 10.0. The number of carbonyl (C=O) groups is 2. The van der Waals surface area contributed by atoms with Crippen molar-refractivity contribution >= 4 is 19.8 Å². The number of ether oxygens (including phenoxy) is 2. The van der Waals surface area contributed by atoms with Gasteiger partial charge in [0.25, 0.3) is 0 Å². The molecule has 1 N–H and O–H groups in total. The second kappa shape index (κ2) is 63.4. The molecule has 0 saturated carbocycles. The van der Waals surface area contributed by atoms with Crippen LogP contribution in [0.3, 0.4) is 0 Å². The summed E-state index contributed by atoms with van der Waals surface area (Å²) in [5, 5.41) is 0. The molecule has 480 valence electrons. The monoisotopic (exact) mass is 1180 g/mol. The molecule has 0 aromatic heterocycles. The summed E-state index contributed by atoms with van der Waals surface area (Å²) in [6.45, 7) is 4.35. The highest BCUT2D eigenvalue weighted by atomic mass is 31.2. The van der Waals surface area contributed by atoms with Crippen LogP contribution in [0.1, 0.15) is 303 Å². The van der Waals surface area contributed by atoms with Gasteiger partial charge in [0, 0.05) is 12.8 Å². The van der Waals surface area contributed by atoms with Gasteiger partial charge < -0.3 is 18.9 Å². The number of phosphoric acid groups is 1. The summed E-state index contributed by atoms with van der Waals surface area (Å²) in [5.41, 5.74) is 0. The van der Waals surface area contributed by atoms with Gasteiger partial charge in [0.1, 0.15) is 19.8 Å². The van der Waals surface area contributed by atoms with Crippen LogP contribution in [0.2, 0.25) is 0 Å². The number of carbonyl (C=O) groups excluding carboxylic acids is 2. The summed E-state index contributed by atoms with van der Waals surface area (Å²) in [6.07, 6.45) is 87.9. The molecule has 0 bridgehead atoms. The van der Waals surface area contributed by atoms with Gasteiger partial charge in [-0.15, -0.1) is 0 Å². The van der Waals surface area contributed by atoms with Crippen molar-refractivity contribution in [2.45, 2.75) is 309 Å². The van der Waals surface area contributed by atoms with E-state index < -0.39 is 26.5 Å². The van der Waals surface area contributed by atoms with Crippen LogP contribution in [0.15, 0.2) is 97.2 Å². The van der Waals surface area contributed by atoms with E-state index in [1.54, 1.807) is 0 Å². The molecule has 0 amide bonds. The molecule has 0 rings (SSSR count). The van der Waals surface area contributed by atoms with Crippen molar-refractivity contribution in [3.05, 3.63) is 97.2 Å². The van der Waals surface area contributed by atoms with Crippen LogP contribution < -0.4 is 0 Å². The Hall–Kier alpha value is -3.07. The molecular weight excluding hydrogens is 1050 g/mol. The van der Waals surface area contributed by atoms with Crippen LogP contribution in [0.25, 0.3) is 0 Å². The predicted molar refractivity (Wildman–Crippen MR) is 358 cm³/mol. The first kappa shape index (κ1) is 79.9. The van der Waals surface area contributed by atoms with E-state index in [0.29, 0.717) is 17.4 Å². The summed E-state index contributed by atoms with van der Waals surface area (Å²) in [7, 11) is 1.47. The maximum atomic E-state index is 12.9. The highest BCUT2D eigenvalue weighted by Crippen LogP contribution is 2.43. The first-order valence-electron chi connectivity index (χ1n) is 34.5. The summed E-state index contributed by atoms with van der Waals surface area (Å²) < 4.78 is 34.7. The lowest BCUT2D eigenvalue weighted by molar-refractivity contribution is -0.870. The third kappa shape index (κ3) is 67.9. The molecule has 0 aromatic carbocycles. The molecule has 2 atom stereocenters. The second-order valence-electron chi connectivity index (χ2n) is 24.2. The molecule has 0 heterocycles. The van der Waals surface area contributed by atoms with E-state index in [1.807, 2.05) is 21.1 Å². The van der Waals surface area contributed by atoms with Crippen LogP contribution >= 0.6 is 7.82 Å². The lowest BCUT2D eigenvalue weighted by Gasteiger charge is -2.24. The van der Waals surface area contributed by atoms with Crippen LogP contribution in [-0.4, -0.2) is 74.9 Å². The fraction of sp³-hybridized carbons (Fsp3) is 0.753. The Morgan fingerprint density at radius 3 is 1.02 bits per heavy atom. The van der Waals surface area contributed by atoms with Crippen molar-refractivity contribution in [1.29, 1.82) is 0 Å². The van der Waals surface area contributed by atoms with Crippen LogP contribution in [0.5, 0.6) is 0 Å². The average molecular weight is 1180 g/mol. The first-order chi connectivity index (χ1) is 40.5. The lowest BCUT2D eigenvalue weighted by Crippen LogP contribution is -2.37. The van der Waals surface area contributed by atoms with E-state index in [-0.39, 0.29) is 32.0 Å². The number of rotatable bonds is 63.